The monoisotopic (exact) mass is 156 g/mol. The minimum atomic E-state index is -0.670. The Labute approximate surface area is 65.2 Å². The summed E-state index contributed by atoms with van der Waals surface area (Å²) >= 11 is 0. The number of carboxylic acids is 1. The molecule has 2 saturated heterocycles. The first-order chi connectivity index (χ1) is 5.26. The molecule has 0 spiro atoms. The molecule has 2 aliphatic rings. The second-order valence-electron chi connectivity index (χ2n) is 3.28. The molecule has 0 aromatic heterocycles. The van der Waals surface area contributed by atoms with Crippen molar-refractivity contribution in [3.05, 3.63) is 0 Å². The van der Waals surface area contributed by atoms with Crippen molar-refractivity contribution in [2.45, 2.75) is 12.0 Å². The minimum absolute atomic E-state index is 0.543. The van der Waals surface area contributed by atoms with E-state index in [9.17, 15) is 4.79 Å². The van der Waals surface area contributed by atoms with Gasteiger partial charge < -0.3 is 10.4 Å². The maximum absolute atomic E-state index is 10.9. The Hall–Kier alpha value is -0.610. The quantitative estimate of drug-likeness (QED) is 0.545. The molecular weight excluding hydrogens is 144 g/mol. The molecule has 0 atom stereocenters. The maximum atomic E-state index is 10.9. The van der Waals surface area contributed by atoms with Gasteiger partial charge in [0.05, 0.1) is 0 Å². The highest BCUT2D eigenvalue weighted by atomic mass is 16.4. The van der Waals surface area contributed by atoms with Gasteiger partial charge in [-0.2, -0.15) is 0 Å². The first-order valence-corrected chi connectivity index (χ1v) is 3.95. The van der Waals surface area contributed by atoms with Crippen molar-refractivity contribution < 1.29 is 9.90 Å². The highest BCUT2D eigenvalue weighted by Crippen LogP contribution is 2.25. The fraction of sp³-hybridized carbons (Fsp3) is 0.857. The SMILES string of the molecule is O=C(O)C1(N2CCC2)CNC1. The molecule has 2 aliphatic heterocycles. The zero-order valence-corrected chi connectivity index (χ0v) is 6.34. The van der Waals surface area contributed by atoms with Gasteiger partial charge in [-0.1, -0.05) is 0 Å². The summed E-state index contributed by atoms with van der Waals surface area (Å²) in [5.74, 6) is -0.670. The lowest BCUT2D eigenvalue weighted by Crippen LogP contribution is -2.75. The van der Waals surface area contributed by atoms with Crippen LogP contribution in [0.15, 0.2) is 0 Å². The van der Waals surface area contributed by atoms with Crippen molar-refractivity contribution in [1.29, 1.82) is 0 Å². The fourth-order valence-corrected chi connectivity index (χ4v) is 1.62. The predicted octanol–water partition coefficient (Wildman–Crippen LogP) is -0.881. The molecule has 0 aliphatic carbocycles. The normalized spacial score (nSPS) is 28.7. The number of rotatable bonds is 2. The Morgan fingerprint density at radius 3 is 2.18 bits per heavy atom. The third kappa shape index (κ3) is 0.795. The van der Waals surface area contributed by atoms with Crippen LogP contribution < -0.4 is 5.32 Å². The molecule has 0 unspecified atom stereocenters. The van der Waals surface area contributed by atoms with E-state index < -0.39 is 11.5 Å². The largest absolute Gasteiger partial charge is 0.480 e. The highest BCUT2D eigenvalue weighted by Gasteiger charge is 2.51. The molecule has 0 aromatic carbocycles. The highest BCUT2D eigenvalue weighted by molar-refractivity contribution is 5.81. The first kappa shape index (κ1) is 7.06. The standard InChI is InChI=1S/C7H12N2O2/c10-6(11)7(4-8-5-7)9-2-1-3-9/h8H,1-5H2,(H,10,11). The van der Waals surface area contributed by atoms with Crippen molar-refractivity contribution in [2.75, 3.05) is 26.2 Å². The molecule has 0 bridgehead atoms. The van der Waals surface area contributed by atoms with Gasteiger partial charge in [-0.05, 0) is 6.42 Å². The van der Waals surface area contributed by atoms with Crippen molar-refractivity contribution in [3.63, 3.8) is 0 Å². The van der Waals surface area contributed by atoms with Crippen LogP contribution >= 0.6 is 0 Å². The van der Waals surface area contributed by atoms with E-state index in [1.165, 1.54) is 0 Å². The van der Waals surface area contributed by atoms with E-state index in [1.54, 1.807) is 0 Å². The number of aliphatic carboxylic acids is 1. The summed E-state index contributed by atoms with van der Waals surface area (Å²) in [6.07, 6.45) is 1.15. The van der Waals surface area contributed by atoms with Crippen LogP contribution in [0.5, 0.6) is 0 Å². The number of carbonyl (C=O) groups is 1. The molecular formula is C7H12N2O2. The smallest absolute Gasteiger partial charge is 0.326 e. The molecule has 2 N–H and O–H groups in total. The summed E-state index contributed by atoms with van der Waals surface area (Å²) in [6, 6.07) is 0. The van der Waals surface area contributed by atoms with Gasteiger partial charge in [-0.15, -0.1) is 0 Å². The molecule has 4 nitrogen and oxygen atoms in total. The Kier molecular flexibility index (Phi) is 1.40. The molecule has 11 heavy (non-hydrogen) atoms. The fourth-order valence-electron chi connectivity index (χ4n) is 1.62. The summed E-state index contributed by atoms with van der Waals surface area (Å²) in [4.78, 5) is 12.9. The van der Waals surface area contributed by atoms with Gasteiger partial charge in [0.15, 0.2) is 0 Å². The van der Waals surface area contributed by atoms with Gasteiger partial charge in [0.1, 0.15) is 5.54 Å². The van der Waals surface area contributed by atoms with Crippen LogP contribution in [-0.4, -0.2) is 47.7 Å². The Balaban J connectivity index is 2.09. The molecule has 2 heterocycles. The van der Waals surface area contributed by atoms with Crippen LogP contribution in [0.25, 0.3) is 0 Å². The molecule has 0 amide bonds. The Morgan fingerprint density at radius 1 is 1.45 bits per heavy atom. The lowest BCUT2D eigenvalue weighted by atomic mass is 9.87. The molecule has 0 aromatic rings. The van der Waals surface area contributed by atoms with E-state index in [1.807, 2.05) is 4.90 Å². The Morgan fingerprint density at radius 2 is 2.09 bits per heavy atom. The first-order valence-electron chi connectivity index (χ1n) is 3.95. The lowest BCUT2D eigenvalue weighted by molar-refractivity contribution is -0.159. The van der Waals surface area contributed by atoms with E-state index in [-0.39, 0.29) is 0 Å². The zero-order valence-electron chi connectivity index (χ0n) is 6.34. The van der Waals surface area contributed by atoms with Crippen molar-refractivity contribution >= 4 is 5.97 Å². The second-order valence-corrected chi connectivity index (χ2v) is 3.28. The Bertz CT molecular complexity index is 185. The van der Waals surface area contributed by atoms with Gasteiger partial charge in [0.2, 0.25) is 0 Å². The van der Waals surface area contributed by atoms with Crippen LogP contribution in [0.2, 0.25) is 0 Å². The summed E-state index contributed by atoms with van der Waals surface area (Å²) < 4.78 is 0. The topological polar surface area (TPSA) is 52.6 Å². The van der Waals surface area contributed by atoms with Crippen LogP contribution in [0.3, 0.4) is 0 Å². The van der Waals surface area contributed by atoms with Gasteiger partial charge >= 0.3 is 5.97 Å². The van der Waals surface area contributed by atoms with Crippen LogP contribution in [0.1, 0.15) is 6.42 Å². The number of hydrogen-bond acceptors (Lipinski definition) is 3. The minimum Gasteiger partial charge on any atom is -0.480 e. The predicted molar refractivity (Wildman–Crippen MR) is 39.4 cm³/mol. The summed E-state index contributed by atoms with van der Waals surface area (Å²) in [6.45, 7) is 3.13. The number of carboxylic acid groups (broad SMARTS) is 1. The van der Waals surface area contributed by atoms with Crippen molar-refractivity contribution in [2.24, 2.45) is 0 Å². The van der Waals surface area contributed by atoms with Gasteiger partial charge in [0, 0.05) is 26.2 Å². The van der Waals surface area contributed by atoms with E-state index in [0.717, 1.165) is 19.5 Å². The van der Waals surface area contributed by atoms with E-state index in [0.29, 0.717) is 13.1 Å². The zero-order chi connectivity index (χ0) is 7.90. The van der Waals surface area contributed by atoms with Gasteiger partial charge in [0.25, 0.3) is 0 Å². The molecule has 0 radical (unpaired) electrons. The number of likely N-dealkylation sites (tertiary alicyclic amines) is 1. The molecule has 0 saturated carbocycles. The third-order valence-electron chi connectivity index (χ3n) is 2.69. The van der Waals surface area contributed by atoms with Crippen molar-refractivity contribution in [3.8, 4) is 0 Å². The van der Waals surface area contributed by atoms with E-state index in [4.69, 9.17) is 5.11 Å². The summed E-state index contributed by atoms with van der Waals surface area (Å²) in [5, 5.41) is 11.9. The van der Waals surface area contributed by atoms with Crippen LogP contribution in [0.4, 0.5) is 0 Å². The van der Waals surface area contributed by atoms with Crippen LogP contribution in [0, 0.1) is 0 Å². The van der Waals surface area contributed by atoms with E-state index >= 15 is 0 Å². The van der Waals surface area contributed by atoms with Gasteiger partial charge in [-0.3, -0.25) is 9.69 Å². The van der Waals surface area contributed by atoms with Gasteiger partial charge in [-0.25, -0.2) is 0 Å². The number of hydrogen-bond donors (Lipinski definition) is 2. The summed E-state index contributed by atoms with van der Waals surface area (Å²) in [7, 11) is 0. The van der Waals surface area contributed by atoms with Crippen LogP contribution in [-0.2, 0) is 4.79 Å². The summed E-state index contributed by atoms with van der Waals surface area (Å²) in [5.41, 5.74) is -0.543. The maximum Gasteiger partial charge on any atom is 0.326 e. The van der Waals surface area contributed by atoms with E-state index in [2.05, 4.69) is 5.32 Å². The second kappa shape index (κ2) is 2.19. The average molecular weight is 156 g/mol. The van der Waals surface area contributed by atoms with Crippen molar-refractivity contribution in [1.82, 2.24) is 10.2 Å². The average Bonchev–Trinajstić information content (AvgIpc) is 1.71. The third-order valence-corrected chi connectivity index (χ3v) is 2.69. The molecule has 4 heteroatoms. The lowest BCUT2D eigenvalue weighted by Gasteiger charge is -2.51. The molecule has 62 valence electrons. The molecule has 2 fully saturated rings. The number of nitrogens with zero attached hydrogens (tertiary/aromatic N) is 1. The molecule has 2 rings (SSSR count). The number of nitrogens with one attached hydrogen (secondary N) is 1.